The fraction of sp³-hybridized carbons (Fsp3) is 0.174. The quantitative estimate of drug-likeness (QED) is 0.362. The maximum absolute atomic E-state index is 14.3. The van der Waals surface area contributed by atoms with Crippen LogP contribution in [-0.2, 0) is 4.84 Å². The number of aromatic amines is 1. The van der Waals surface area contributed by atoms with Crippen LogP contribution >= 0.6 is 22.9 Å². The number of hydroxylamine groups is 1. The van der Waals surface area contributed by atoms with Crippen molar-refractivity contribution in [2.24, 2.45) is 4.99 Å². The number of aromatic nitrogens is 2. The SMILES string of the molecule is CN=C1C=c2[nH]c(=O)n(-c3ccc(C(=O)N[C@H](c4ccc(Cl)s4)C4NOC(=O)N4)cc3)c(=O)c2=CC1F. The summed E-state index contributed by atoms with van der Waals surface area (Å²) in [6, 6.07) is 8.38. The monoisotopic (exact) mass is 544 g/mol. The van der Waals surface area contributed by atoms with Gasteiger partial charge in [-0.15, -0.1) is 16.8 Å². The normalized spacial score (nSPS) is 20.3. The summed E-state index contributed by atoms with van der Waals surface area (Å²) in [5.41, 5.74) is 1.59. The number of halogens is 2. The average molecular weight is 545 g/mol. The molecule has 3 atom stereocenters. The number of benzene rings is 1. The van der Waals surface area contributed by atoms with Gasteiger partial charge in [0.2, 0.25) is 0 Å². The zero-order valence-corrected chi connectivity index (χ0v) is 20.5. The lowest BCUT2D eigenvalue weighted by molar-refractivity contribution is 0.0895. The van der Waals surface area contributed by atoms with Crippen molar-refractivity contribution in [1.82, 2.24) is 25.7 Å². The molecule has 3 aromatic rings. The van der Waals surface area contributed by atoms with E-state index in [2.05, 4.69) is 26.1 Å². The molecular formula is C23H18ClFN6O5S. The minimum atomic E-state index is -1.58. The molecule has 0 saturated carbocycles. The second kappa shape index (κ2) is 9.76. The van der Waals surface area contributed by atoms with E-state index in [-0.39, 0.29) is 27.5 Å². The number of hydrogen-bond acceptors (Lipinski definition) is 8. The third-order valence-corrected chi connectivity index (χ3v) is 7.09. The van der Waals surface area contributed by atoms with Gasteiger partial charge in [0.25, 0.3) is 11.5 Å². The van der Waals surface area contributed by atoms with E-state index in [9.17, 15) is 23.6 Å². The molecular weight excluding hydrogens is 527 g/mol. The van der Waals surface area contributed by atoms with Crippen molar-refractivity contribution in [2.75, 3.05) is 7.05 Å². The molecule has 4 N–H and O–H groups in total. The highest BCUT2D eigenvalue weighted by molar-refractivity contribution is 7.16. The number of carbonyl (C=O) groups excluding carboxylic acids is 2. The summed E-state index contributed by atoms with van der Waals surface area (Å²) in [6.45, 7) is 0. The predicted octanol–water partition coefficient (Wildman–Crippen LogP) is 0.266. The van der Waals surface area contributed by atoms with Crippen molar-refractivity contribution in [3.05, 3.63) is 82.6 Å². The molecule has 37 heavy (non-hydrogen) atoms. The highest BCUT2D eigenvalue weighted by atomic mass is 35.5. The number of amides is 2. The van der Waals surface area contributed by atoms with E-state index in [1.807, 2.05) is 0 Å². The summed E-state index contributed by atoms with van der Waals surface area (Å²) in [5.74, 6) is -0.495. The van der Waals surface area contributed by atoms with E-state index in [1.54, 1.807) is 12.1 Å². The molecule has 1 aliphatic carbocycles. The molecule has 0 bridgehead atoms. The fourth-order valence-electron chi connectivity index (χ4n) is 3.98. The molecule has 1 aliphatic heterocycles. The maximum Gasteiger partial charge on any atom is 0.427 e. The molecule has 1 fully saturated rings. The van der Waals surface area contributed by atoms with Crippen LogP contribution in [0.1, 0.15) is 21.3 Å². The number of aliphatic imine (C=N–C) groups is 1. The van der Waals surface area contributed by atoms with Gasteiger partial charge in [-0.1, -0.05) is 11.6 Å². The molecule has 14 heteroatoms. The lowest BCUT2D eigenvalue weighted by Crippen LogP contribution is -2.55. The van der Waals surface area contributed by atoms with Gasteiger partial charge >= 0.3 is 11.8 Å². The van der Waals surface area contributed by atoms with Crippen LogP contribution in [0.15, 0.2) is 51.0 Å². The Kier molecular flexibility index (Phi) is 6.50. The van der Waals surface area contributed by atoms with Crippen LogP contribution in [0.4, 0.5) is 9.18 Å². The second-order valence-electron chi connectivity index (χ2n) is 8.03. The molecule has 2 amide bonds. The van der Waals surface area contributed by atoms with Crippen molar-refractivity contribution < 1.29 is 18.8 Å². The summed E-state index contributed by atoms with van der Waals surface area (Å²) < 4.78 is 15.7. The lowest BCUT2D eigenvalue weighted by Gasteiger charge is -2.22. The number of nitrogens with zero attached hydrogens (tertiary/aromatic N) is 2. The van der Waals surface area contributed by atoms with E-state index in [0.29, 0.717) is 9.21 Å². The average Bonchev–Trinajstić information content (AvgIpc) is 3.51. The second-order valence-corrected chi connectivity index (χ2v) is 9.78. The first kappa shape index (κ1) is 24.6. The van der Waals surface area contributed by atoms with E-state index < -0.39 is 41.6 Å². The summed E-state index contributed by atoms with van der Waals surface area (Å²) in [7, 11) is 1.42. The highest BCUT2D eigenvalue weighted by Gasteiger charge is 2.33. The van der Waals surface area contributed by atoms with Crippen LogP contribution in [0.3, 0.4) is 0 Å². The molecule has 1 aromatic carbocycles. The number of fused-ring (bicyclic) bond motifs is 1. The number of nitrogens with one attached hydrogen (secondary N) is 4. The Hall–Kier alpha value is -4.07. The summed E-state index contributed by atoms with van der Waals surface area (Å²) >= 11 is 7.27. The van der Waals surface area contributed by atoms with E-state index in [4.69, 9.17) is 16.4 Å². The summed E-state index contributed by atoms with van der Waals surface area (Å²) in [4.78, 5) is 62.0. The Morgan fingerprint density at radius 3 is 2.59 bits per heavy atom. The molecule has 2 aromatic heterocycles. The van der Waals surface area contributed by atoms with Crippen LogP contribution in [0, 0.1) is 0 Å². The fourth-order valence-corrected chi connectivity index (χ4v) is 5.13. The minimum Gasteiger partial charge on any atom is -0.352 e. The third-order valence-electron chi connectivity index (χ3n) is 5.77. The summed E-state index contributed by atoms with van der Waals surface area (Å²) in [5, 5.41) is 5.56. The molecule has 11 nitrogen and oxygen atoms in total. The van der Waals surface area contributed by atoms with E-state index in [1.165, 1.54) is 48.7 Å². The van der Waals surface area contributed by atoms with Gasteiger partial charge in [0.05, 0.1) is 26.3 Å². The maximum atomic E-state index is 14.3. The van der Waals surface area contributed by atoms with Crippen LogP contribution in [0.5, 0.6) is 0 Å². The van der Waals surface area contributed by atoms with Crippen molar-refractivity contribution in [3.63, 3.8) is 0 Å². The number of carbonyl (C=O) groups is 2. The van der Waals surface area contributed by atoms with Gasteiger partial charge < -0.3 is 15.1 Å². The molecule has 2 aliphatic rings. The van der Waals surface area contributed by atoms with Gasteiger partial charge in [-0.3, -0.25) is 19.9 Å². The minimum absolute atomic E-state index is 0.00657. The van der Waals surface area contributed by atoms with Gasteiger partial charge in [0.1, 0.15) is 12.2 Å². The molecule has 2 unspecified atom stereocenters. The van der Waals surface area contributed by atoms with Gasteiger partial charge in [0.15, 0.2) is 6.17 Å². The Balaban J connectivity index is 1.44. The first-order chi connectivity index (χ1) is 17.7. The first-order valence-corrected chi connectivity index (χ1v) is 12.0. The van der Waals surface area contributed by atoms with Crippen LogP contribution in [0.2, 0.25) is 4.34 Å². The van der Waals surface area contributed by atoms with Crippen molar-refractivity contribution >= 4 is 52.8 Å². The highest BCUT2D eigenvalue weighted by Crippen LogP contribution is 2.29. The van der Waals surface area contributed by atoms with E-state index in [0.717, 1.165) is 10.6 Å². The van der Waals surface area contributed by atoms with Gasteiger partial charge in [-0.2, -0.15) is 0 Å². The predicted molar refractivity (Wildman–Crippen MR) is 135 cm³/mol. The Bertz CT molecular complexity index is 1680. The topological polar surface area (TPSA) is 147 Å². The van der Waals surface area contributed by atoms with E-state index >= 15 is 0 Å². The number of thiophene rings is 1. The molecule has 3 heterocycles. The Morgan fingerprint density at radius 2 is 1.97 bits per heavy atom. The summed E-state index contributed by atoms with van der Waals surface area (Å²) in [6.07, 6.45) is -0.589. The zero-order valence-electron chi connectivity index (χ0n) is 19.0. The molecule has 1 saturated heterocycles. The largest absolute Gasteiger partial charge is 0.427 e. The Labute approximate surface area is 215 Å². The third kappa shape index (κ3) is 4.71. The number of H-pyrrole nitrogens is 1. The molecule has 0 spiro atoms. The Morgan fingerprint density at radius 1 is 1.22 bits per heavy atom. The standard InChI is InChI=1S/C23H18ClFN6O5S/c1-26-15-9-14-12(8-13(15)25)21(33)31(22(34)27-14)11-4-2-10(3-5-11)20(32)28-18(16-6-7-17(24)37-16)19-29-23(35)36-30-19/h2-9,13,18-19,30H,1H3,(H,27,34)(H,28,32)(H,29,35)/t13?,18-,19?/m1/s1. The van der Waals surface area contributed by atoms with Crippen LogP contribution < -0.4 is 37.9 Å². The molecule has 0 radical (unpaired) electrons. The van der Waals surface area contributed by atoms with Crippen molar-refractivity contribution in [1.29, 1.82) is 0 Å². The number of alkyl halides is 1. The lowest BCUT2D eigenvalue weighted by atomic mass is 10.1. The van der Waals surface area contributed by atoms with Crippen molar-refractivity contribution in [2.45, 2.75) is 18.4 Å². The molecule has 190 valence electrons. The zero-order chi connectivity index (χ0) is 26.3. The van der Waals surface area contributed by atoms with Gasteiger partial charge in [-0.25, -0.2) is 18.5 Å². The van der Waals surface area contributed by atoms with Gasteiger partial charge in [-0.05, 0) is 48.6 Å². The van der Waals surface area contributed by atoms with Crippen LogP contribution in [-0.4, -0.2) is 46.6 Å². The van der Waals surface area contributed by atoms with Crippen LogP contribution in [0.25, 0.3) is 17.8 Å². The van der Waals surface area contributed by atoms with Gasteiger partial charge in [0, 0.05) is 17.5 Å². The molecule has 5 rings (SSSR count). The number of rotatable bonds is 5. The first-order valence-electron chi connectivity index (χ1n) is 10.8. The smallest absolute Gasteiger partial charge is 0.352 e. The number of hydrogen-bond donors (Lipinski definition) is 4. The van der Waals surface area contributed by atoms with Crippen molar-refractivity contribution in [3.8, 4) is 5.69 Å².